The summed E-state index contributed by atoms with van der Waals surface area (Å²) in [5.74, 6) is 1.74. The summed E-state index contributed by atoms with van der Waals surface area (Å²) in [6, 6.07) is 8.17. The van der Waals surface area contributed by atoms with Gasteiger partial charge < -0.3 is 10.3 Å². The lowest BCUT2D eigenvalue weighted by Crippen LogP contribution is -2.07. The van der Waals surface area contributed by atoms with Crippen molar-refractivity contribution in [2.45, 2.75) is 13.0 Å². The summed E-state index contributed by atoms with van der Waals surface area (Å²) >= 11 is 3.45. The average molecular weight is 281 g/mol. The van der Waals surface area contributed by atoms with E-state index in [1.54, 1.807) is 0 Å². The Kier molecular flexibility index (Phi) is 3.36. The molecule has 16 heavy (non-hydrogen) atoms. The van der Waals surface area contributed by atoms with Crippen LogP contribution in [0.2, 0.25) is 0 Å². The van der Waals surface area contributed by atoms with Gasteiger partial charge >= 0.3 is 0 Å². The van der Waals surface area contributed by atoms with Crippen molar-refractivity contribution in [1.29, 1.82) is 0 Å². The summed E-state index contributed by atoms with van der Waals surface area (Å²) in [4.78, 5) is 0. The summed E-state index contributed by atoms with van der Waals surface area (Å²) in [5.41, 5.74) is 6.75. The van der Waals surface area contributed by atoms with E-state index in [2.05, 4.69) is 38.3 Å². The number of benzene rings is 1. The van der Waals surface area contributed by atoms with E-state index in [4.69, 9.17) is 5.73 Å². The smallest absolute Gasteiger partial charge is 0.146 e. The summed E-state index contributed by atoms with van der Waals surface area (Å²) in [6.45, 7) is 0.419. The number of hydrogen-bond acceptors (Lipinski definition) is 3. The molecule has 1 aromatic carbocycles. The van der Waals surface area contributed by atoms with Gasteiger partial charge in [0.2, 0.25) is 0 Å². The normalized spacial score (nSPS) is 10.7. The molecule has 0 aliphatic carbocycles. The van der Waals surface area contributed by atoms with Gasteiger partial charge in [-0.2, -0.15) is 0 Å². The molecule has 4 nitrogen and oxygen atoms in total. The minimum Gasteiger partial charge on any atom is -0.324 e. The maximum Gasteiger partial charge on any atom is 0.146 e. The molecular weight excluding hydrogens is 268 g/mol. The van der Waals surface area contributed by atoms with E-state index in [0.717, 1.165) is 22.5 Å². The SMILES string of the molecule is Cn1c(CN)nnc1Cc1cccc(Br)c1. The Morgan fingerprint density at radius 2 is 2.06 bits per heavy atom. The van der Waals surface area contributed by atoms with E-state index in [9.17, 15) is 0 Å². The van der Waals surface area contributed by atoms with Crippen LogP contribution in [0.3, 0.4) is 0 Å². The monoisotopic (exact) mass is 280 g/mol. The van der Waals surface area contributed by atoms with Gasteiger partial charge in [-0.15, -0.1) is 10.2 Å². The van der Waals surface area contributed by atoms with Gasteiger partial charge in [0.15, 0.2) is 0 Å². The third-order valence-electron chi connectivity index (χ3n) is 2.49. The second-order valence-corrected chi connectivity index (χ2v) is 4.52. The summed E-state index contributed by atoms with van der Waals surface area (Å²) in [5, 5.41) is 8.16. The third-order valence-corrected chi connectivity index (χ3v) is 2.98. The summed E-state index contributed by atoms with van der Waals surface area (Å²) < 4.78 is 3.02. The van der Waals surface area contributed by atoms with Crippen LogP contribution in [-0.2, 0) is 20.0 Å². The lowest BCUT2D eigenvalue weighted by molar-refractivity contribution is 0.758. The predicted molar refractivity (Wildman–Crippen MR) is 65.8 cm³/mol. The van der Waals surface area contributed by atoms with Crippen molar-refractivity contribution >= 4 is 15.9 Å². The van der Waals surface area contributed by atoms with Gasteiger partial charge in [-0.25, -0.2) is 0 Å². The highest BCUT2D eigenvalue weighted by molar-refractivity contribution is 9.10. The highest BCUT2D eigenvalue weighted by Crippen LogP contribution is 2.14. The molecule has 2 rings (SSSR count). The molecule has 0 fully saturated rings. The molecule has 0 amide bonds. The molecular formula is C11H13BrN4. The van der Waals surface area contributed by atoms with Gasteiger partial charge in [0.1, 0.15) is 11.6 Å². The Morgan fingerprint density at radius 1 is 1.31 bits per heavy atom. The van der Waals surface area contributed by atoms with Crippen LogP contribution in [0.5, 0.6) is 0 Å². The molecule has 0 bridgehead atoms. The predicted octanol–water partition coefficient (Wildman–Crippen LogP) is 1.63. The molecule has 0 saturated heterocycles. The molecule has 5 heteroatoms. The molecule has 2 aromatic rings. The van der Waals surface area contributed by atoms with Crippen molar-refractivity contribution < 1.29 is 0 Å². The fraction of sp³-hybridized carbons (Fsp3) is 0.273. The van der Waals surface area contributed by atoms with Crippen LogP contribution in [0.25, 0.3) is 0 Å². The number of nitrogens with zero attached hydrogens (tertiary/aromatic N) is 3. The Bertz CT molecular complexity index is 492. The molecule has 1 heterocycles. The molecule has 84 valence electrons. The third kappa shape index (κ3) is 2.31. The van der Waals surface area contributed by atoms with Crippen molar-refractivity contribution in [3.05, 3.63) is 46.0 Å². The summed E-state index contributed by atoms with van der Waals surface area (Å²) in [6.07, 6.45) is 0.767. The molecule has 0 radical (unpaired) electrons. The van der Waals surface area contributed by atoms with E-state index < -0.39 is 0 Å². The van der Waals surface area contributed by atoms with Crippen LogP contribution < -0.4 is 5.73 Å². The standard InChI is InChI=1S/C11H13BrN4/c1-16-10(14-15-11(16)7-13)6-8-3-2-4-9(12)5-8/h2-5H,6-7,13H2,1H3. The van der Waals surface area contributed by atoms with Gasteiger partial charge in [-0.05, 0) is 17.7 Å². The lowest BCUT2D eigenvalue weighted by atomic mass is 10.1. The van der Waals surface area contributed by atoms with Crippen LogP contribution in [0.15, 0.2) is 28.7 Å². The highest BCUT2D eigenvalue weighted by Gasteiger charge is 2.07. The zero-order valence-corrected chi connectivity index (χ0v) is 10.6. The Hall–Kier alpha value is -1.20. The van der Waals surface area contributed by atoms with Crippen LogP contribution in [-0.4, -0.2) is 14.8 Å². The Morgan fingerprint density at radius 3 is 2.69 bits per heavy atom. The molecule has 0 atom stereocenters. The number of aromatic nitrogens is 3. The minimum absolute atomic E-state index is 0.419. The first-order valence-electron chi connectivity index (χ1n) is 5.02. The number of hydrogen-bond donors (Lipinski definition) is 1. The van der Waals surface area contributed by atoms with Crippen LogP contribution in [0.1, 0.15) is 17.2 Å². The molecule has 1 aromatic heterocycles. The second-order valence-electron chi connectivity index (χ2n) is 3.60. The van der Waals surface area contributed by atoms with Crippen LogP contribution >= 0.6 is 15.9 Å². The quantitative estimate of drug-likeness (QED) is 0.930. The lowest BCUT2D eigenvalue weighted by Gasteiger charge is -2.03. The second kappa shape index (κ2) is 4.76. The van der Waals surface area contributed by atoms with Crippen LogP contribution in [0.4, 0.5) is 0 Å². The highest BCUT2D eigenvalue weighted by atomic mass is 79.9. The molecule has 0 saturated carbocycles. The average Bonchev–Trinajstić information content (AvgIpc) is 2.60. The van der Waals surface area contributed by atoms with E-state index in [-0.39, 0.29) is 0 Å². The Labute approximate surface area is 103 Å². The van der Waals surface area contributed by atoms with E-state index in [0.29, 0.717) is 6.54 Å². The zero-order chi connectivity index (χ0) is 11.5. The number of rotatable bonds is 3. The fourth-order valence-electron chi connectivity index (χ4n) is 1.56. The van der Waals surface area contributed by atoms with Gasteiger partial charge in [-0.1, -0.05) is 28.1 Å². The van der Waals surface area contributed by atoms with Crippen molar-refractivity contribution in [2.24, 2.45) is 12.8 Å². The molecule has 0 aliphatic heterocycles. The molecule has 0 spiro atoms. The largest absolute Gasteiger partial charge is 0.324 e. The topological polar surface area (TPSA) is 56.7 Å². The van der Waals surface area contributed by atoms with Crippen molar-refractivity contribution in [3.8, 4) is 0 Å². The van der Waals surface area contributed by atoms with E-state index >= 15 is 0 Å². The maximum atomic E-state index is 5.55. The van der Waals surface area contributed by atoms with Crippen molar-refractivity contribution in [1.82, 2.24) is 14.8 Å². The van der Waals surface area contributed by atoms with Crippen molar-refractivity contribution in [3.63, 3.8) is 0 Å². The zero-order valence-electron chi connectivity index (χ0n) is 9.02. The van der Waals surface area contributed by atoms with Gasteiger partial charge in [0.05, 0.1) is 6.54 Å². The fourth-order valence-corrected chi connectivity index (χ4v) is 2.01. The minimum atomic E-state index is 0.419. The number of nitrogens with two attached hydrogens (primary N) is 1. The molecule has 2 N–H and O–H groups in total. The van der Waals surface area contributed by atoms with Crippen molar-refractivity contribution in [2.75, 3.05) is 0 Å². The maximum absolute atomic E-state index is 5.55. The van der Waals surface area contributed by atoms with E-state index in [1.165, 1.54) is 5.56 Å². The Balaban J connectivity index is 2.24. The molecule has 0 aliphatic rings. The molecule has 0 unspecified atom stereocenters. The number of halogens is 1. The van der Waals surface area contributed by atoms with Gasteiger partial charge in [0, 0.05) is 17.9 Å². The first-order valence-corrected chi connectivity index (χ1v) is 5.81. The first kappa shape index (κ1) is 11.3. The first-order chi connectivity index (χ1) is 7.70. The van der Waals surface area contributed by atoms with E-state index in [1.807, 2.05) is 23.7 Å². The summed E-state index contributed by atoms with van der Waals surface area (Å²) in [7, 11) is 1.94. The van der Waals surface area contributed by atoms with Crippen LogP contribution in [0, 0.1) is 0 Å². The van der Waals surface area contributed by atoms with Gasteiger partial charge in [-0.3, -0.25) is 0 Å². The van der Waals surface area contributed by atoms with Gasteiger partial charge in [0.25, 0.3) is 0 Å².